The first kappa shape index (κ1) is 14.0. The van der Waals surface area contributed by atoms with Gasteiger partial charge in [0.15, 0.2) is 0 Å². The van der Waals surface area contributed by atoms with Crippen LogP contribution < -0.4 is 16.2 Å². The average Bonchev–Trinajstić information content (AvgIpc) is 2.53. The first-order chi connectivity index (χ1) is 10.2. The second-order valence-corrected chi connectivity index (χ2v) is 5.70. The van der Waals surface area contributed by atoms with Crippen molar-refractivity contribution >= 4 is 22.7 Å². The molecule has 1 unspecified atom stereocenters. The zero-order valence-corrected chi connectivity index (χ0v) is 12.6. The van der Waals surface area contributed by atoms with Crippen molar-refractivity contribution in [3.8, 4) is 0 Å². The van der Waals surface area contributed by atoms with Crippen LogP contribution in [0.3, 0.4) is 0 Å². The fourth-order valence-electron chi connectivity index (χ4n) is 3.02. The summed E-state index contributed by atoms with van der Waals surface area (Å²) in [6.07, 6.45) is 2.40. The van der Waals surface area contributed by atoms with Gasteiger partial charge in [-0.3, -0.25) is 5.43 Å². The molecule has 1 atom stereocenters. The number of hydrazine groups is 1. The number of anilines is 2. The number of aromatic nitrogens is 2. The number of para-hydroxylation sites is 1. The molecule has 6 heteroatoms. The highest BCUT2D eigenvalue weighted by atomic mass is 15.3. The third-order valence-corrected chi connectivity index (χ3v) is 4.19. The Balaban J connectivity index is 2.01. The van der Waals surface area contributed by atoms with Crippen molar-refractivity contribution in [3.05, 3.63) is 24.3 Å². The number of nitrogens with two attached hydrogens (primary N) is 1. The van der Waals surface area contributed by atoms with Crippen molar-refractivity contribution in [2.75, 3.05) is 37.5 Å². The van der Waals surface area contributed by atoms with Gasteiger partial charge in [0.05, 0.1) is 5.52 Å². The van der Waals surface area contributed by atoms with E-state index in [-0.39, 0.29) is 0 Å². The Morgan fingerprint density at radius 2 is 2.14 bits per heavy atom. The predicted molar refractivity (Wildman–Crippen MR) is 86.3 cm³/mol. The molecule has 0 amide bonds. The lowest BCUT2D eigenvalue weighted by Crippen LogP contribution is -2.45. The maximum absolute atomic E-state index is 5.51. The van der Waals surface area contributed by atoms with Gasteiger partial charge in [0.1, 0.15) is 5.82 Å². The van der Waals surface area contributed by atoms with Crippen molar-refractivity contribution in [3.63, 3.8) is 0 Å². The summed E-state index contributed by atoms with van der Waals surface area (Å²) in [6, 6.07) is 8.52. The molecule has 1 aliphatic heterocycles. The number of nitrogens with zero attached hydrogens (tertiary/aromatic N) is 4. The Kier molecular flexibility index (Phi) is 3.90. The summed E-state index contributed by atoms with van der Waals surface area (Å²) in [5.74, 6) is 6.91. The fourth-order valence-corrected chi connectivity index (χ4v) is 3.02. The highest BCUT2D eigenvalue weighted by molar-refractivity contribution is 5.90. The smallest absolute Gasteiger partial charge is 0.239 e. The molecule has 112 valence electrons. The van der Waals surface area contributed by atoms with E-state index in [1.54, 1.807) is 0 Å². The van der Waals surface area contributed by atoms with Crippen LogP contribution in [0.2, 0.25) is 0 Å². The van der Waals surface area contributed by atoms with Crippen LogP contribution in [-0.4, -0.2) is 48.1 Å². The molecule has 6 nitrogen and oxygen atoms in total. The molecule has 0 bridgehead atoms. The van der Waals surface area contributed by atoms with Gasteiger partial charge in [-0.2, -0.15) is 4.98 Å². The first-order valence-electron chi connectivity index (χ1n) is 7.34. The number of nitrogens with one attached hydrogen (secondary N) is 1. The summed E-state index contributed by atoms with van der Waals surface area (Å²) in [6.45, 7) is 2.23. The second kappa shape index (κ2) is 5.83. The summed E-state index contributed by atoms with van der Waals surface area (Å²) < 4.78 is 0. The van der Waals surface area contributed by atoms with E-state index in [4.69, 9.17) is 5.84 Å². The molecule has 1 aromatic heterocycles. The average molecular weight is 286 g/mol. The summed E-state index contributed by atoms with van der Waals surface area (Å²) in [5, 5.41) is 1.06. The van der Waals surface area contributed by atoms with Gasteiger partial charge in [0.2, 0.25) is 5.95 Å². The summed E-state index contributed by atoms with van der Waals surface area (Å²) in [7, 11) is 4.28. The lowest BCUT2D eigenvalue weighted by atomic mass is 10.0. The lowest BCUT2D eigenvalue weighted by Gasteiger charge is -2.36. The third kappa shape index (κ3) is 2.77. The summed E-state index contributed by atoms with van der Waals surface area (Å²) in [4.78, 5) is 13.6. The first-order valence-corrected chi connectivity index (χ1v) is 7.34. The van der Waals surface area contributed by atoms with Crippen LogP contribution in [0.4, 0.5) is 11.8 Å². The molecule has 2 aromatic rings. The number of hydrogen-bond donors (Lipinski definition) is 2. The Hall–Kier alpha value is -1.92. The number of hydrogen-bond acceptors (Lipinski definition) is 6. The summed E-state index contributed by atoms with van der Waals surface area (Å²) >= 11 is 0. The molecular weight excluding hydrogens is 264 g/mol. The van der Waals surface area contributed by atoms with Crippen LogP contribution >= 0.6 is 0 Å². The van der Waals surface area contributed by atoms with Crippen LogP contribution in [0, 0.1) is 0 Å². The minimum Gasteiger partial charge on any atom is -0.355 e. The molecule has 2 heterocycles. The van der Waals surface area contributed by atoms with E-state index in [2.05, 4.69) is 45.4 Å². The normalized spacial score (nSPS) is 19.7. The summed E-state index contributed by atoms with van der Waals surface area (Å²) in [5.41, 5.74) is 3.48. The van der Waals surface area contributed by atoms with Gasteiger partial charge in [-0.1, -0.05) is 12.1 Å². The maximum atomic E-state index is 5.51. The number of nitrogen functional groups attached to an aromatic ring is 1. The molecule has 3 N–H and O–H groups in total. The number of likely N-dealkylation sites (tertiary alicyclic amines) is 1. The van der Waals surface area contributed by atoms with Gasteiger partial charge in [0.25, 0.3) is 0 Å². The molecule has 1 fully saturated rings. The molecule has 1 saturated heterocycles. The second-order valence-electron chi connectivity index (χ2n) is 5.70. The van der Waals surface area contributed by atoms with Crippen LogP contribution in [0.15, 0.2) is 24.3 Å². The highest BCUT2D eigenvalue weighted by Crippen LogP contribution is 2.27. The van der Waals surface area contributed by atoms with Crippen molar-refractivity contribution in [1.82, 2.24) is 14.9 Å². The van der Waals surface area contributed by atoms with Crippen LogP contribution in [-0.2, 0) is 0 Å². The van der Waals surface area contributed by atoms with Gasteiger partial charge >= 0.3 is 0 Å². The Morgan fingerprint density at radius 1 is 1.33 bits per heavy atom. The molecule has 1 aliphatic rings. The topological polar surface area (TPSA) is 70.3 Å². The number of rotatable bonds is 3. The van der Waals surface area contributed by atoms with Gasteiger partial charge < -0.3 is 9.80 Å². The highest BCUT2D eigenvalue weighted by Gasteiger charge is 2.23. The minimum atomic E-state index is 0.458. The number of benzene rings is 1. The largest absolute Gasteiger partial charge is 0.355 e. The number of fused-ring (bicyclic) bond motifs is 1. The lowest BCUT2D eigenvalue weighted by molar-refractivity contribution is 0.247. The Morgan fingerprint density at radius 3 is 2.90 bits per heavy atom. The maximum Gasteiger partial charge on any atom is 0.239 e. The predicted octanol–water partition coefficient (Wildman–Crippen LogP) is 1.45. The SMILES string of the molecule is CN1CCCC(N(C)c2nc(NN)nc3ccccc23)C1. The molecule has 0 spiro atoms. The molecule has 21 heavy (non-hydrogen) atoms. The third-order valence-electron chi connectivity index (χ3n) is 4.19. The Labute approximate surface area is 124 Å². The van der Waals surface area contributed by atoms with E-state index in [0.717, 1.165) is 23.3 Å². The van der Waals surface area contributed by atoms with Crippen molar-refractivity contribution in [2.45, 2.75) is 18.9 Å². The molecule has 0 radical (unpaired) electrons. The van der Waals surface area contributed by atoms with Gasteiger partial charge in [0, 0.05) is 25.0 Å². The quantitative estimate of drug-likeness (QED) is 0.657. The van der Waals surface area contributed by atoms with E-state index in [9.17, 15) is 0 Å². The molecule has 3 rings (SSSR count). The van der Waals surface area contributed by atoms with E-state index >= 15 is 0 Å². The zero-order chi connectivity index (χ0) is 14.8. The Bertz CT molecular complexity index is 629. The van der Waals surface area contributed by atoms with Crippen molar-refractivity contribution < 1.29 is 0 Å². The molecular formula is C15H22N6. The zero-order valence-electron chi connectivity index (χ0n) is 12.6. The van der Waals surface area contributed by atoms with Gasteiger partial charge in [-0.15, -0.1) is 0 Å². The van der Waals surface area contributed by atoms with Crippen LogP contribution in [0.5, 0.6) is 0 Å². The van der Waals surface area contributed by atoms with Crippen molar-refractivity contribution in [1.29, 1.82) is 0 Å². The molecule has 0 aliphatic carbocycles. The van der Waals surface area contributed by atoms with E-state index in [0.29, 0.717) is 12.0 Å². The van der Waals surface area contributed by atoms with Crippen LogP contribution in [0.25, 0.3) is 10.9 Å². The monoisotopic (exact) mass is 286 g/mol. The van der Waals surface area contributed by atoms with Gasteiger partial charge in [-0.05, 0) is 38.6 Å². The van der Waals surface area contributed by atoms with Gasteiger partial charge in [-0.25, -0.2) is 10.8 Å². The standard InChI is InChI=1S/C15H22N6/c1-20-9-5-6-11(10-20)21(2)14-12-7-3-4-8-13(12)17-15(18-14)19-16/h3-4,7-8,11H,5-6,9-10,16H2,1-2H3,(H,17,18,19). The van der Waals surface area contributed by atoms with E-state index in [1.807, 2.05) is 18.2 Å². The number of piperidine rings is 1. The molecule has 0 saturated carbocycles. The van der Waals surface area contributed by atoms with E-state index in [1.165, 1.54) is 19.4 Å². The van der Waals surface area contributed by atoms with Crippen molar-refractivity contribution in [2.24, 2.45) is 5.84 Å². The number of likely N-dealkylation sites (N-methyl/N-ethyl adjacent to an activating group) is 2. The minimum absolute atomic E-state index is 0.458. The van der Waals surface area contributed by atoms with E-state index < -0.39 is 0 Å². The molecule has 1 aromatic carbocycles. The fraction of sp³-hybridized carbons (Fsp3) is 0.467. The van der Waals surface area contributed by atoms with Crippen LogP contribution in [0.1, 0.15) is 12.8 Å².